The summed E-state index contributed by atoms with van der Waals surface area (Å²) in [7, 11) is -3.67. The van der Waals surface area contributed by atoms with Crippen molar-refractivity contribution >= 4 is 56.3 Å². The Labute approximate surface area is 119 Å². The molecule has 4 nitrogen and oxygen atoms in total. The Morgan fingerprint density at radius 2 is 2.17 bits per heavy atom. The zero-order chi connectivity index (χ0) is 13.1. The molecular weight excluding hydrogens is 315 g/mol. The maximum absolute atomic E-state index is 12.1. The van der Waals surface area contributed by atoms with Crippen LogP contribution in [0.25, 0.3) is 0 Å². The second kappa shape index (κ2) is 3.85. The number of sulfonamides is 1. The predicted molar refractivity (Wildman–Crippen MR) is 74.2 cm³/mol. The minimum Gasteiger partial charge on any atom is -0.236 e. The molecular formula is C10H10Cl2N2O2S2. The minimum atomic E-state index is -3.67. The van der Waals surface area contributed by atoms with Crippen molar-refractivity contribution in [3.63, 3.8) is 0 Å². The van der Waals surface area contributed by atoms with Gasteiger partial charge in [-0.15, -0.1) is 15.7 Å². The normalized spacial score (nSPS) is 24.2. The van der Waals surface area contributed by atoms with Crippen LogP contribution >= 0.6 is 34.7 Å². The Morgan fingerprint density at radius 3 is 2.72 bits per heavy atom. The number of hydrogen-bond donors (Lipinski definition) is 0. The molecule has 1 aromatic rings. The van der Waals surface area contributed by atoms with Gasteiger partial charge in [-0.3, -0.25) is 0 Å². The van der Waals surface area contributed by atoms with Crippen molar-refractivity contribution in [3.8, 4) is 0 Å². The van der Waals surface area contributed by atoms with Gasteiger partial charge in [-0.05, 0) is 18.9 Å². The van der Waals surface area contributed by atoms with Gasteiger partial charge >= 0.3 is 0 Å². The lowest BCUT2D eigenvalue weighted by Crippen LogP contribution is -2.44. The number of rotatable bonds is 1. The van der Waals surface area contributed by atoms with E-state index in [1.807, 2.05) is 6.92 Å². The van der Waals surface area contributed by atoms with Gasteiger partial charge in [0.25, 0.3) is 10.0 Å². The van der Waals surface area contributed by atoms with Gasteiger partial charge in [-0.25, -0.2) is 4.42 Å². The van der Waals surface area contributed by atoms with Crippen LogP contribution in [0.1, 0.15) is 26.2 Å². The fourth-order valence-corrected chi connectivity index (χ4v) is 5.67. The van der Waals surface area contributed by atoms with E-state index >= 15 is 0 Å². The van der Waals surface area contributed by atoms with E-state index in [2.05, 4.69) is 4.40 Å². The Balaban J connectivity index is 2.18. The van der Waals surface area contributed by atoms with E-state index in [0.29, 0.717) is 15.9 Å². The Kier molecular flexibility index (Phi) is 2.72. The van der Waals surface area contributed by atoms with Crippen LogP contribution < -0.4 is 4.42 Å². The van der Waals surface area contributed by atoms with E-state index in [1.54, 1.807) is 6.07 Å². The third-order valence-corrected chi connectivity index (χ3v) is 6.85. The summed E-state index contributed by atoms with van der Waals surface area (Å²) in [5, 5.41) is 0. The highest BCUT2D eigenvalue weighted by molar-refractivity contribution is 7.92. The lowest BCUT2D eigenvalue weighted by Gasteiger charge is -2.42. The van der Waals surface area contributed by atoms with E-state index in [1.165, 1.54) is 4.42 Å². The first-order valence-corrected chi connectivity index (χ1v) is 8.41. The minimum absolute atomic E-state index is 0.120. The van der Waals surface area contributed by atoms with Crippen LogP contribution in [-0.4, -0.2) is 14.3 Å². The Bertz CT molecular complexity index is 647. The summed E-state index contributed by atoms with van der Waals surface area (Å²) < 4.78 is 30.0. The molecule has 0 bridgehead atoms. The molecule has 18 heavy (non-hydrogen) atoms. The molecule has 1 aliphatic carbocycles. The van der Waals surface area contributed by atoms with Crippen LogP contribution in [-0.2, 0) is 10.0 Å². The maximum atomic E-state index is 12.1. The largest absolute Gasteiger partial charge is 0.295 e. The molecule has 1 fully saturated rings. The van der Waals surface area contributed by atoms with E-state index in [9.17, 15) is 8.42 Å². The maximum Gasteiger partial charge on any atom is 0.295 e. The summed E-state index contributed by atoms with van der Waals surface area (Å²) in [6.45, 7) is 1.99. The van der Waals surface area contributed by atoms with Crippen molar-refractivity contribution < 1.29 is 8.42 Å². The molecule has 0 radical (unpaired) electrons. The third-order valence-electron chi connectivity index (χ3n) is 3.48. The molecule has 0 atom stereocenters. The first-order valence-electron chi connectivity index (χ1n) is 5.44. The van der Waals surface area contributed by atoms with Gasteiger partial charge in [0, 0.05) is 17.2 Å². The number of nitrogens with zero attached hydrogens (tertiary/aromatic N) is 2. The van der Waals surface area contributed by atoms with Crippen LogP contribution in [0.4, 0.5) is 5.69 Å². The van der Waals surface area contributed by atoms with Gasteiger partial charge in [-0.2, -0.15) is 8.42 Å². The van der Waals surface area contributed by atoms with E-state index in [4.69, 9.17) is 23.4 Å². The van der Waals surface area contributed by atoms with Gasteiger partial charge in [0.05, 0.1) is 10.0 Å². The molecule has 0 amide bonds. The molecule has 0 aromatic carbocycles. The highest BCUT2D eigenvalue weighted by Gasteiger charge is 2.45. The summed E-state index contributed by atoms with van der Waals surface area (Å²) in [5.74, 6) is 0.414. The van der Waals surface area contributed by atoms with Crippen LogP contribution in [0.3, 0.4) is 0 Å². The third kappa shape index (κ3) is 1.70. The van der Waals surface area contributed by atoms with Crippen molar-refractivity contribution in [2.45, 2.75) is 30.4 Å². The van der Waals surface area contributed by atoms with Crippen molar-refractivity contribution in [1.29, 1.82) is 0 Å². The smallest absolute Gasteiger partial charge is 0.236 e. The number of anilines is 1. The van der Waals surface area contributed by atoms with Crippen molar-refractivity contribution in [2.24, 2.45) is 9.81 Å². The molecule has 0 saturated heterocycles. The zero-order valence-corrected chi connectivity index (χ0v) is 12.6. The number of fused-ring (bicyclic) bond motifs is 1. The molecule has 1 aliphatic heterocycles. The van der Waals surface area contributed by atoms with Gasteiger partial charge < -0.3 is 0 Å². The Morgan fingerprint density at radius 1 is 1.50 bits per heavy atom. The van der Waals surface area contributed by atoms with E-state index < -0.39 is 10.0 Å². The fourth-order valence-electron chi connectivity index (χ4n) is 2.24. The quantitative estimate of drug-likeness (QED) is 0.741. The summed E-state index contributed by atoms with van der Waals surface area (Å²) >= 11 is 13.1. The van der Waals surface area contributed by atoms with Crippen LogP contribution in [0.2, 0.25) is 4.34 Å². The van der Waals surface area contributed by atoms with Crippen LogP contribution in [0, 0.1) is 5.41 Å². The lowest BCUT2D eigenvalue weighted by atomic mass is 9.69. The SMILES string of the molecule is CC1(C2=NS(=O)(=O)c3sc(Cl)cc3N2Cl)CCC1. The van der Waals surface area contributed by atoms with Crippen molar-refractivity contribution in [3.05, 3.63) is 10.4 Å². The van der Waals surface area contributed by atoms with Gasteiger partial charge in [0.15, 0.2) is 4.21 Å². The monoisotopic (exact) mass is 324 g/mol. The van der Waals surface area contributed by atoms with Gasteiger partial charge in [0.2, 0.25) is 0 Å². The summed E-state index contributed by atoms with van der Waals surface area (Å²) in [5.41, 5.74) is 0.172. The molecule has 0 spiro atoms. The van der Waals surface area contributed by atoms with Crippen LogP contribution in [0.5, 0.6) is 0 Å². The molecule has 98 valence electrons. The summed E-state index contributed by atoms with van der Waals surface area (Å²) in [6.07, 6.45) is 2.87. The summed E-state index contributed by atoms with van der Waals surface area (Å²) in [4.78, 5) is 0. The molecule has 0 unspecified atom stereocenters. The molecule has 2 heterocycles. The average molecular weight is 325 g/mol. The Hall–Kier alpha value is -0.300. The van der Waals surface area contributed by atoms with E-state index in [-0.39, 0.29) is 9.62 Å². The van der Waals surface area contributed by atoms with Gasteiger partial charge in [-0.1, -0.05) is 24.9 Å². The molecule has 8 heteroatoms. The summed E-state index contributed by atoms with van der Waals surface area (Å²) in [6, 6.07) is 1.57. The second-order valence-corrected chi connectivity index (χ2v) is 8.63. The number of hydrogen-bond acceptors (Lipinski definition) is 4. The number of thiophene rings is 1. The first-order chi connectivity index (χ1) is 8.33. The fraction of sp³-hybridized carbons (Fsp3) is 0.500. The zero-order valence-electron chi connectivity index (χ0n) is 9.48. The van der Waals surface area contributed by atoms with Crippen molar-refractivity contribution in [2.75, 3.05) is 4.42 Å². The highest BCUT2D eigenvalue weighted by atomic mass is 35.5. The number of amidine groups is 1. The average Bonchev–Trinajstić information content (AvgIpc) is 2.64. The van der Waals surface area contributed by atoms with Crippen molar-refractivity contribution in [1.82, 2.24) is 0 Å². The molecule has 0 N–H and O–H groups in total. The second-order valence-electron chi connectivity index (χ2n) is 4.81. The van der Waals surface area contributed by atoms with E-state index in [0.717, 1.165) is 30.6 Å². The molecule has 3 rings (SSSR count). The van der Waals surface area contributed by atoms with Gasteiger partial charge in [0.1, 0.15) is 5.84 Å². The first kappa shape index (κ1) is 12.7. The highest BCUT2D eigenvalue weighted by Crippen LogP contribution is 2.49. The molecule has 2 aliphatic rings. The topological polar surface area (TPSA) is 49.7 Å². The number of halogens is 2. The van der Waals surface area contributed by atoms with Crippen LogP contribution in [0.15, 0.2) is 14.7 Å². The predicted octanol–water partition coefficient (Wildman–Crippen LogP) is 3.65. The standard InChI is InChI=1S/C10H10Cl2N2O2S2/c1-10(3-2-4-10)9-13-18(15,16)8-6(14(9)12)5-7(11)17-8/h5H,2-4H2,1H3. The molecule has 1 saturated carbocycles. The lowest BCUT2D eigenvalue weighted by molar-refractivity contribution is 0.260. The molecule has 1 aromatic heterocycles.